The Balaban J connectivity index is 1.35. The van der Waals surface area contributed by atoms with Gasteiger partial charge in [0.2, 0.25) is 5.91 Å². The number of carbonyl (C=O) groups excluding carboxylic acids is 2. The lowest BCUT2D eigenvalue weighted by Gasteiger charge is -2.26. The van der Waals surface area contributed by atoms with Gasteiger partial charge in [-0.3, -0.25) is 4.79 Å². The predicted molar refractivity (Wildman–Crippen MR) is 109 cm³/mol. The quantitative estimate of drug-likeness (QED) is 0.701. The Hall–Kier alpha value is -1.73. The van der Waals surface area contributed by atoms with Gasteiger partial charge in [0.1, 0.15) is 0 Å². The standard InChI is InChI=1S/C20H29N3O3S/c24-19(23-10-12-26-13-11-23)15-16-5-7-17(8-6-16)22-20(25)21-9-14-27-18-3-1-2-4-18/h5-8,18H,1-4,9-15H2,(H2,21,22,25). The van der Waals surface area contributed by atoms with Crippen molar-refractivity contribution in [3.63, 3.8) is 0 Å². The summed E-state index contributed by atoms with van der Waals surface area (Å²) in [6.45, 7) is 3.24. The number of morpholine rings is 1. The predicted octanol–water partition coefficient (Wildman–Crippen LogP) is 2.89. The molecule has 1 aliphatic heterocycles. The van der Waals surface area contributed by atoms with Gasteiger partial charge in [-0.2, -0.15) is 11.8 Å². The minimum atomic E-state index is -0.181. The van der Waals surface area contributed by atoms with E-state index in [1.807, 2.05) is 40.9 Å². The second-order valence-electron chi connectivity index (χ2n) is 7.03. The van der Waals surface area contributed by atoms with Crippen molar-refractivity contribution in [1.82, 2.24) is 10.2 Å². The lowest BCUT2D eigenvalue weighted by molar-refractivity contribution is -0.134. The minimum absolute atomic E-state index is 0.122. The zero-order valence-electron chi connectivity index (χ0n) is 15.7. The summed E-state index contributed by atoms with van der Waals surface area (Å²) >= 11 is 1.97. The summed E-state index contributed by atoms with van der Waals surface area (Å²) < 4.78 is 5.27. The van der Waals surface area contributed by atoms with E-state index in [1.165, 1.54) is 25.7 Å². The zero-order valence-corrected chi connectivity index (χ0v) is 16.6. The Labute approximate surface area is 165 Å². The van der Waals surface area contributed by atoms with E-state index in [-0.39, 0.29) is 11.9 Å². The average Bonchev–Trinajstić information content (AvgIpc) is 3.21. The summed E-state index contributed by atoms with van der Waals surface area (Å²) in [4.78, 5) is 26.1. The molecule has 2 N–H and O–H groups in total. The molecular weight excluding hydrogens is 362 g/mol. The average molecular weight is 392 g/mol. The molecule has 27 heavy (non-hydrogen) atoms. The van der Waals surface area contributed by atoms with E-state index in [9.17, 15) is 9.59 Å². The van der Waals surface area contributed by atoms with Crippen LogP contribution < -0.4 is 10.6 Å². The van der Waals surface area contributed by atoms with Crippen LogP contribution in [0.15, 0.2) is 24.3 Å². The molecule has 1 aliphatic carbocycles. The van der Waals surface area contributed by atoms with Gasteiger partial charge in [-0.1, -0.05) is 25.0 Å². The number of hydrogen-bond acceptors (Lipinski definition) is 4. The van der Waals surface area contributed by atoms with Crippen LogP contribution in [0.1, 0.15) is 31.2 Å². The monoisotopic (exact) mass is 391 g/mol. The smallest absolute Gasteiger partial charge is 0.319 e. The van der Waals surface area contributed by atoms with Gasteiger partial charge in [0.15, 0.2) is 0 Å². The van der Waals surface area contributed by atoms with Crippen molar-refractivity contribution in [3.8, 4) is 0 Å². The van der Waals surface area contributed by atoms with Crippen LogP contribution in [0.5, 0.6) is 0 Å². The summed E-state index contributed by atoms with van der Waals surface area (Å²) in [7, 11) is 0. The Morgan fingerprint density at radius 2 is 1.81 bits per heavy atom. The van der Waals surface area contributed by atoms with Gasteiger partial charge < -0.3 is 20.3 Å². The molecule has 1 saturated carbocycles. The molecule has 1 aromatic carbocycles. The van der Waals surface area contributed by atoms with Crippen LogP contribution in [-0.2, 0) is 16.0 Å². The molecule has 3 amide bonds. The number of ether oxygens (including phenoxy) is 1. The second kappa shape index (κ2) is 10.6. The maximum Gasteiger partial charge on any atom is 0.319 e. The van der Waals surface area contributed by atoms with Crippen molar-refractivity contribution in [2.75, 3.05) is 43.9 Å². The molecule has 0 bridgehead atoms. The number of amides is 3. The fraction of sp³-hybridized carbons (Fsp3) is 0.600. The van der Waals surface area contributed by atoms with E-state index in [0.717, 1.165) is 22.3 Å². The summed E-state index contributed by atoms with van der Waals surface area (Å²) in [6, 6.07) is 7.29. The molecule has 3 rings (SSSR count). The number of thioether (sulfide) groups is 1. The van der Waals surface area contributed by atoms with Gasteiger partial charge in [-0.15, -0.1) is 0 Å². The van der Waals surface area contributed by atoms with Crippen LogP contribution in [0.4, 0.5) is 10.5 Å². The molecule has 0 spiro atoms. The van der Waals surface area contributed by atoms with Gasteiger partial charge in [-0.05, 0) is 30.5 Å². The molecule has 148 valence electrons. The molecule has 0 aromatic heterocycles. The number of nitrogens with zero attached hydrogens (tertiary/aromatic N) is 1. The third-order valence-electron chi connectivity index (χ3n) is 4.97. The number of anilines is 1. The van der Waals surface area contributed by atoms with Gasteiger partial charge in [0.05, 0.1) is 19.6 Å². The van der Waals surface area contributed by atoms with Crippen molar-refractivity contribution in [2.24, 2.45) is 0 Å². The topological polar surface area (TPSA) is 70.7 Å². The molecule has 1 aromatic rings. The molecule has 1 saturated heterocycles. The molecule has 2 aliphatic rings. The normalized spacial score (nSPS) is 17.7. The summed E-state index contributed by atoms with van der Waals surface area (Å²) in [6.07, 6.45) is 5.71. The number of benzene rings is 1. The molecule has 2 fully saturated rings. The highest BCUT2D eigenvalue weighted by molar-refractivity contribution is 7.99. The maximum atomic E-state index is 12.3. The van der Waals surface area contributed by atoms with E-state index in [0.29, 0.717) is 39.3 Å². The Morgan fingerprint density at radius 1 is 1.11 bits per heavy atom. The van der Waals surface area contributed by atoms with E-state index >= 15 is 0 Å². The van der Waals surface area contributed by atoms with Gasteiger partial charge in [0, 0.05) is 36.3 Å². The SMILES string of the molecule is O=C(NCCSC1CCCC1)Nc1ccc(CC(=O)N2CCOCC2)cc1. The van der Waals surface area contributed by atoms with Crippen LogP contribution in [0, 0.1) is 0 Å². The van der Waals surface area contributed by atoms with Crippen LogP contribution >= 0.6 is 11.8 Å². The number of rotatable bonds is 7. The van der Waals surface area contributed by atoms with Crippen LogP contribution in [-0.4, -0.2) is 60.7 Å². The molecule has 7 heteroatoms. The highest BCUT2D eigenvalue weighted by atomic mass is 32.2. The first-order chi connectivity index (χ1) is 13.2. The third kappa shape index (κ3) is 6.74. The maximum absolute atomic E-state index is 12.3. The largest absolute Gasteiger partial charge is 0.378 e. The molecular formula is C20H29N3O3S. The van der Waals surface area contributed by atoms with E-state index in [4.69, 9.17) is 4.74 Å². The third-order valence-corrected chi connectivity index (χ3v) is 6.36. The molecule has 0 unspecified atom stereocenters. The first kappa shape index (κ1) is 20.0. The van der Waals surface area contributed by atoms with Crippen molar-refractivity contribution in [2.45, 2.75) is 37.4 Å². The van der Waals surface area contributed by atoms with Gasteiger partial charge >= 0.3 is 6.03 Å². The molecule has 6 nitrogen and oxygen atoms in total. The van der Waals surface area contributed by atoms with Crippen molar-refractivity contribution in [1.29, 1.82) is 0 Å². The number of urea groups is 1. The van der Waals surface area contributed by atoms with Crippen molar-refractivity contribution < 1.29 is 14.3 Å². The highest BCUT2D eigenvalue weighted by Crippen LogP contribution is 2.28. The summed E-state index contributed by atoms with van der Waals surface area (Å²) in [5, 5.41) is 6.52. The first-order valence-corrected chi connectivity index (χ1v) is 10.9. The lowest BCUT2D eigenvalue weighted by atomic mass is 10.1. The minimum Gasteiger partial charge on any atom is -0.378 e. The highest BCUT2D eigenvalue weighted by Gasteiger charge is 2.17. The Morgan fingerprint density at radius 3 is 2.52 bits per heavy atom. The molecule has 0 radical (unpaired) electrons. The second-order valence-corrected chi connectivity index (χ2v) is 8.43. The fourth-order valence-electron chi connectivity index (χ4n) is 3.43. The van der Waals surface area contributed by atoms with Crippen LogP contribution in [0.25, 0.3) is 0 Å². The van der Waals surface area contributed by atoms with Crippen molar-refractivity contribution in [3.05, 3.63) is 29.8 Å². The number of hydrogen-bond donors (Lipinski definition) is 2. The van der Waals surface area contributed by atoms with Gasteiger partial charge in [-0.25, -0.2) is 4.79 Å². The molecule has 0 atom stereocenters. The summed E-state index contributed by atoms with van der Waals surface area (Å²) in [5.74, 6) is 1.08. The van der Waals surface area contributed by atoms with Gasteiger partial charge in [0.25, 0.3) is 0 Å². The molecule has 1 heterocycles. The van der Waals surface area contributed by atoms with Crippen molar-refractivity contribution >= 4 is 29.4 Å². The van der Waals surface area contributed by atoms with E-state index < -0.39 is 0 Å². The number of nitrogens with one attached hydrogen (secondary N) is 2. The first-order valence-electron chi connectivity index (χ1n) is 9.81. The summed E-state index contributed by atoms with van der Waals surface area (Å²) in [5.41, 5.74) is 1.68. The number of carbonyl (C=O) groups is 2. The van der Waals surface area contributed by atoms with E-state index in [1.54, 1.807) is 0 Å². The zero-order chi connectivity index (χ0) is 18.9. The van der Waals surface area contributed by atoms with E-state index in [2.05, 4.69) is 10.6 Å². The fourth-order valence-corrected chi connectivity index (χ4v) is 4.65. The van der Waals surface area contributed by atoms with Crippen LogP contribution in [0.3, 0.4) is 0 Å². The Bertz CT molecular complexity index is 611. The van der Waals surface area contributed by atoms with Crippen LogP contribution in [0.2, 0.25) is 0 Å². The lowest BCUT2D eigenvalue weighted by Crippen LogP contribution is -2.41. The Kier molecular flexibility index (Phi) is 7.83.